The molecule has 1 rings (SSSR count). The molecule has 0 aromatic carbocycles. The summed E-state index contributed by atoms with van der Waals surface area (Å²) in [6.07, 6.45) is -3.80. The van der Waals surface area contributed by atoms with Crippen LogP contribution in [0.25, 0.3) is 0 Å². The number of halogens is 3. The Kier molecular flexibility index (Phi) is 4.32. The summed E-state index contributed by atoms with van der Waals surface area (Å²) < 4.78 is 37.3. The SMILES string of the molecule is CCc1nc(C(F)(F)F)sc1CNC(C)C. The average Bonchev–Trinajstić information content (AvgIpc) is 2.56. The Morgan fingerprint density at radius 2 is 2.00 bits per heavy atom. The number of hydrogen-bond acceptors (Lipinski definition) is 3. The van der Waals surface area contributed by atoms with Crippen molar-refractivity contribution in [1.29, 1.82) is 0 Å². The molecule has 0 unspecified atom stereocenters. The Bertz CT molecular complexity index is 344. The topological polar surface area (TPSA) is 24.9 Å². The Balaban J connectivity index is 2.87. The van der Waals surface area contributed by atoms with Gasteiger partial charge in [-0.25, -0.2) is 4.98 Å². The molecule has 0 aliphatic heterocycles. The lowest BCUT2D eigenvalue weighted by atomic mass is 10.3. The number of nitrogens with zero attached hydrogens (tertiary/aromatic N) is 1. The molecular weight excluding hydrogens is 237 g/mol. The Morgan fingerprint density at radius 3 is 2.44 bits per heavy atom. The first-order valence-corrected chi connectivity index (χ1v) is 5.95. The summed E-state index contributed by atoms with van der Waals surface area (Å²) in [4.78, 5) is 4.32. The third-order valence-corrected chi connectivity index (χ3v) is 3.17. The van der Waals surface area contributed by atoms with Crippen LogP contribution < -0.4 is 5.32 Å². The Morgan fingerprint density at radius 1 is 1.38 bits per heavy atom. The maximum absolute atomic E-state index is 12.4. The number of alkyl halides is 3. The predicted octanol–water partition coefficient (Wildman–Crippen LogP) is 3.22. The lowest BCUT2D eigenvalue weighted by molar-refractivity contribution is -0.137. The summed E-state index contributed by atoms with van der Waals surface area (Å²) in [5, 5.41) is 2.36. The third-order valence-electron chi connectivity index (χ3n) is 2.03. The van der Waals surface area contributed by atoms with Crippen LogP contribution in [0, 0.1) is 0 Å². The molecule has 0 aliphatic carbocycles. The minimum Gasteiger partial charge on any atom is -0.310 e. The van der Waals surface area contributed by atoms with Crippen LogP contribution in [-0.2, 0) is 19.1 Å². The van der Waals surface area contributed by atoms with Gasteiger partial charge in [0.2, 0.25) is 0 Å². The summed E-state index contributed by atoms with van der Waals surface area (Å²) in [5.41, 5.74) is 0.547. The fourth-order valence-electron chi connectivity index (χ4n) is 1.22. The predicted molar refractivity (Wildman–Crippen MR) is 58.5 cm³/mol. The van der Waals surface area contributed by atoms with Crippen LogP contribution in [0.15, 0.2) is 0 Å². The third kappa shape index (κ3) is 3.45. The number of hydrogen-bond donors (Lipinski definition) is 1. The molecule has 0 radical (unpaired) electrons. The number of aryl methyl sites for hydroxylation is 1. The molecule has 1 heterocycles. The summed E-state index contributed by atoms with van der Waals surface area (Å²) >= 11 is 0.734. The molecule has 0 fully saturated rings. The summed E-state index contributed by atoms with van der Waals surface area (Å²) in [6, 6.07) is 0.251. The van der Waals surface area contributed by atoms with E-state index in [1.54, 1.807) is 0 Å². The molecule has 0 amide bonds. The van der Waals surface area contributed by atoms with Gasteiger partial charge in [-0.05, 0) is 6.42 Å². The fourth-order valence-corrected chi connectivity index (χ4v) is 2.18. The normalized spacial score (nSPS) is 12.4. The lowest BCUT2D eigenvalue weighted by Gasteiger charge is -2.06. The van der Waals surface area contributed by atoms with Crippen LogP contribution in [0.2, 0.25) is 0 Å². The highest BCUT2D eigenvalue weighted by Gasteiger charge is 2.35. The van der Waals surface area contributed by atoms with E-state index in [-0.39, 0.29) is 6.04 Å². The minimum atomic E-state index is -4.33. The van der Waals surface area contributed by atoms with E-state index in [0.717, 1.165) is 11.3 Å². The Labute approximate surface area is 96.9 Å². The second kappa shape index (κ2) is 5.14. The highest BCUT2D eigenvalue weighted by atomic mass is 32.1. The van der Waals surface area contributed by atoms with Gasteiger partial charge in [0.1, 0.15) is 0 Å². The van der Waals surface area contributed by atoms with Crippen molar-refractivity contribution in [2.45, 2.75) is 46.0 Å². The molecule has 92 valence electrons. The van der Waals surface area contributed by atoms with Gasteiger partial charge in [-0.2, -0.15) is 13.2 Å². The quantitative estimate of drug-likeness (QED) is 0.890. The van der Waals surface area contributed by atoms with Crippen molar-refractivity contribution < 1.29 is 13.2 Å². The zero-order valence-corrected chi connectivity index (χ0v) is 10.3. The first-order chi connectivity index (χ1) is 7.34. The summed E-state index contributed by atoms with van der Waals surface area (Å²) in [7, 11) is 0. The molecule has 0 bridgehead atoms. The first kappa shape index (κ1) is 13.4. The molecule has 0 saturated carbocycles. The molecule has 1 aromatic rings. The monoisotopic (exact) mass is 252 g/mol. The van der Waals surface area contributed by atoms with Crippen LogP contribution in [0.4, 0.5) is 13.2 Å². The fraction of sp³-hybridized carbons (Fsp3) is 0.700. The highest BCUT2D eigenvalue weighted by Crippen LogP contribution is 2.34. The summed E-state index contributed by atoms with van der Waals surface area (Å²) in [5.74, 6) is 0. The zero-order chi connectivity index (χ0) is 12.3. The second-order valence-electron chi connectivity index (χ2n) is 3.78. The van der Waals surface area contributed by atoms with Gasteiger partial charge < -0.3 is 5.32 Å². The standard InChI is InChI=1S/C10H15F3N2S/c1-4-7-8(5-14-6(2)3)16-9(15-7)10(11,12)13/h6,14H,4-5H2,1-3H3. The van der Waals surface area contributed by atoms with Crippen molar-refractivity contribution in [3.8, 4) is 0 Å². The molecule has 2 nitrogen and oxygen atoms in total. The maximum atomic E-state index is 12.4. The Hall–Kier alpha value is -0.620. The van der Waals surface area contributed by atoms with Crippen LogP contribution >= 0.6 is 11.3 Å². The first-order valence-electron chi connectivity index (χ1n) is 5.13. The van der Waals surface area contributed by atoms with Crippen molar-refractivity contribution in [3.63, 3.8) is 0 Å². The van der Waals surface area contributed by atoms with Crippen molar-refractivity contribution in [3.05, 3.63) is 15.6 Å². The van der Waals surface area contributed by atoms with Crippen LogP contribution in [-0.4, -0.2) is 11.0 Å². The maximum Gasteiger partial charge on any atom is 0.443 e. The zero-order valence-electron chi connectivity index (χ0n) is 9.48. The van der Waals surface area contributed by atoms with Gasteiger partial charge in [-0.3, -0.25) is 0 Å². The van der Waals surface area contributed by atoms with E-state index in [1.165, 1.54) is 0 Å². The van der Waals surface area contributed by atoms with E-state index in [0.29, 0.717) is 23.5 Å². The molecule has 0 aliphatic rings. The van der Waals surface area contributed by atoms with Gasteiger partial charge >= 0.3 is 6.18 Å². The summed E-state index contributed by atoms with van der Waals surface area (Å²) in [6.45, 7) is 6.18. The average molecular weight is 252 g/mol. The number of rotatable bonds is 4. The molecule has 0 spiro atoms. The van der Waals surface area contributed by atoms with Gasteiger partial charge in [0.05, 0.1) is 5.69 Å². The smallest absolute Gasteiger partial charge is 0.310 e. The van der Waals surface area contributed by atoms with Crippen LogP contribution in [0.5, 0.6) is 0 Å². The minimum absolute atomic E-state index is 0.251. The van der Waals surface area contributed by atoms with E-state index < -0.39 is 11.2 Å². The van der Waals surface area contributed by atoms with Gasteiger partial charge in [0.25, 0.3) is 0 Å². The van der Waals surface area contributed by atoms with E-state index >= 15 is 0 Å². The molecule has 1 aromatic heterocycles. The van der Waals surface area contributed by atoms with Crippen molar-refractivity contribution in [1.82, 2.24) is 10.3 Å². The van der Waals surface area contributed by atoms with Gasteiger partial charge in [0, 0.05) is 17.5 Å². The van der Waals surface area contributed by atoms with Crippen molar-refractivity contribution in [2.24, 2.45) is 0 Å². The molecule has 0 atom stereocenters. The van der Waals surface area contributed by atoms with Crippen LogP contribution in [0.1, 0.15) is 36.3 Å². The van der Waals surface area contributed by atoms with Crippen molar-refractivity contribution >= 4 is 11.3 Å². The van der Waals surface area contributed by atoms with Gasteiger partial charge in [0.15, 0.2) is 5.01 Å². The van der Waals surface area contributed by atoms with Gasteiger partial charge in [-0.1, -0.05) is 20.8 Å². The van der Waals surface area contributed by atoms with E-state index in [9.17, 15) is 13.2 Å². The lowest BCUT2D eigenvalue weighted by Crippen LogP contribution is -2.21. The molecule has 1 N–H and O–H groups in total. The van der Waals surface area contributed by atoms with Crippen molar-refractivity contribution in [2.75, 3.05) is 0 Å². The number of aromatic nitrogens is 1. The number of nitrogens with one attached hydrogen (secondary N) is 1. The molecule has 16 heavy (non-hydrogen) atoms. The van der Waals surface area contributed by atoms with Gasteiger partial charge in [-0.15, -0.1) is 11.3 Å². The van der Waals surface area contributed by atoms with E-state index in [1.807, 2.05) is 20.8 Å². The molecule has 6 heteroatoms. The molecular formula is C10H15F3N2S. The molecule has 0 saturated heterocycles. The number of thiazole rings is 1. The van der Waals surface area contributed by atoms with Crippen LogP contribution in [0.3, 0.4) is 0 Å². The largest absolute Gasteiger partial charge is 0.443 e. The highest BCUT2D eigenvalue weighted by molar-refractivity contribution is 7.11. The van der Waals surface area contributed by atoms with E-state index in [2.05, 4.69) is 10.3 Å². The van der Waals surface area contributed by atoms with E-state index in [4.69, 9.17) is 0 Å². The second-order valence-corrected chi connectivity index (χ2v) is 4.86.